The number of benzene rings is 1. The van der Waals surface area contributed by atoms with Gasteiger partial charge in [0.05, 0.1) is 10.7 Å². The molecule has 1 aliphatic heterocycles. The van der Waals surface area contributed by atoms with Gasteiger partial charge in [0, 0.05) is 18.6 Å². The smallest absolute Gasteiger partial charge is 0.0642 e. The van der Waals surface area contributed by atoms with Crippen molar-refractivity contribution in [3.63, 3.8) is 0 Å². The Bertz CT molecular complexity index is 447. The molecule has 3 heteroatoms. The van der Waals surface area contributed by atoms with Crippen LogP contribution in [0.3, 0.4) is 0 Å². The van der Waals surface area contributed by atoms with Crippen LogP contribution in [0.25, 0.3) is 0 Å². The van der Waals surface area contributed by atoms with Crippen molar-refractivity contribution in [3.05, 3.63) is 28.8 Å². The molecule has 2 unspecified atom stereocenters. The van der Waals surface area contributed by atoms with Gasteiger partial charge in [-0.25, -0.2) is 0 Å². The lowest BCUT2D eigenvalue weighted by atomic mass is 10.00. The summed E-state index contributed by atoms with van der Waals surface area (Å²) < 4.78 is 0. The fourth-order valence-corrected chi connectivity index (χ4v) is 3.67. The normalized spacial score (nSPS) is 21.1. The number of rotatable bonds is 5. The zero-order valence-electron chi connectivity index (χ0n) is 13.4. The first-order valence-electron chi connectivity index (χ1n) is 8.47. The van der Waals surface area contributed by atoms with Gasteiger partial charge in [-0.1, -0.05) is 50.4 Å². The van der Waals surface area contributed by atoms with E-state index >= 15 is 0 Å². The predicted molar refractivity (Wildman–Crippen MR) is 93.3 cm³/mol. The van der Waals surface area contributed by atoms with E-state index in [1.54, 1.807) is 0 Å². The van der Waals surface area contributed by atoms with Gasteiger partial charge in [0.15, 0.2) is 0 Å². The van der Waals surface area contributed by atoms with Gasteiger partial charge >= 0.3 is 0 Å². The molecular weight excluding hydrogens is 280 g/mol. The summed E-state index contributed by atoms with van der Waals surface area (Å²) in [5, 5.41) is 0.885. The Morgan fingerprint density at radius 1 is 1.29 bits per heavy atom. The predicted octanol–water partition coefficient (Wildman–Crippen LogP) is 4.78. The molecule has 118 valence electrons. The van der Waals surface area contributed by atoms with E-state index in [1.165, 1.54) is 43.4 Å². The van der Waals surface area contributed by atoms with Crippen LogP contribution >= 0.6 is 11.6 Å². The lowest BCUT2D eigenvalue weighted by Crippen LogP contribution is -2.36. The van der Waals surface area contributed by atoms with E-state index in [0.717, 1.165) is 24.4 Å². The first kappa shape index (κ1) is 16.6. The molecule has 0 bridgehead atoms. The van der Waals surface area contributed by atoms with Gasteiger partial charge in [0.25, 0.3) is 0 Å². The van der Waals surface area contributed by atoms with Crippen molar-refractivity contribution < 1.29 is 0 Å². The van der Waals surface area contributed by atoms with Crippen molar-refractivity contribution in [3.8, 4) is 0 Å². The second-order valence-electron chi connectivity index (χ2n) is 6.22. The lowest BCUT2D eigenvalue weighted by molar-refractivity contribution is 0.553. The van der Waals surface area contributed by atoms with E-state index in [4.69, 9.17) is 17.3 Å². The third-order valence-corrected chi connectivity index (χ3v) is 5.02. The quantitative estimate of drug-likeness (QED) is 0.848. The van der Waals surface area contributed by atoms with Crippen molar-refractivity contribution >= 4 is 17.3 Å². The molecule has 0 saturated carbocycles. The Hall–Kier alpha value is -0.730. The van der Waals surface area contributed by atoms with Crippen LogP contribution in [-0.4, -0.2) is 18.6 Å². The van der Waals surface area contributed by atoms with Crippen molar-refractivity contribution in [2.75, 3.05) is 11.4 Å². The maximum absolute atomic E-state index is 6.58. The highest BCUT2D eigenvalue weighted by Crippen LogP contribution is 2.35. The number of halogens is 1. The molecule has 1 aliphatic rings. The Balaban J connectivity index is 2.35. The highest BCUT2D eigenvalue weighted by atomic mass is 35.5. The number of nitrogens with two attached hydrogens (primary N) is 1. The first-order chi connectivity index (χ1) is 10.2. The van der Waals surface area contributed by atoms with Crippen LogP contribution in [0.15, 0.2) is 18.2 Å². The number of anilines is 1. The number of hydrogen-bond donors (Lipinski definition) is 1. The van der Waals surface area contributed by atoms with Gasteiger partial charge in [0.1, 0.15) is 0 Å². The van der Waals surface area contributed by atoms with E-state index in [9.17, 15) is 0 Å². The molecule has 0 aliphatic carbocycles. The molecule has 2 N–H and O–H groups in total. The molecule has 1 heterocycles. The van der Waals surface area contributed by atoms with Crippen molar-refractivity contribution in [2.24, 2.45) is 5.73 Å². The maximum Gasteiger partial charge on any atom is 0.0642 e. The van der Waals surface area contributed by atoms with E-state index < -0.39 is 0 Å². The summed E-state index contributed by atoms with van der Waals surface area (Å²) in [4.78, 5) is 2.56. The highest BCUT2D eigenvalue weighted by molar-refractivity contribution is 6.33. The molecule has 2 rings (SSSR count). The summed E-state index contributed by atoms with van der Waals surface area (Å²) in [7, 11) is 0. The minimum atomic E-state index is 0.217. The zero-order valence-corrected chi connectivity index (χ0v) is 14.2. The molecule has 0 aromatic heterocycles. The summed E-state index contributed by atoms with van der Waals surface area (Å²) >= 11 is 6.58. The summed E-state index contributed by atoms with van der Waals surface area (Å²) in [6.07, 6.45) is 8.32. The number of hydrogen-bond acceptors (Lipinski definition) is 2. The molecule has 1 aromatic carbocycles. The fraction of sp³-hybridized carbons (Fsp3) is 0.667. The molecule has 2 atom stereocenters. The van der Waals surface area contributed by atoms with E-state index in [1.807, 2.05) is 6.07 Å². The monoisotopic (exact) mass is 308 g/mol. The van der Waals surface area contributed by atoms with Crippen LogP contribution in [0.5, 0.6) is 0 Å². The Kier molecular flexibility index (Phi) is 6.38. The van der Waals surface area contributed by atoms with Gasteiger partial charge in [-0.3, -0.25) is 0 Å². The molecule has 21 heavy (non-hydrogen) atoms. The number of nitrogens with zero attached hydrogens (tertiary/aromatic N) is 1. The SMILES string of the molecule is CCC(N)Cc1cccc(Cl)c1N1CCCCCC1CC. The topological polar surface area (TPSA) is 29.3 Å². The molecule has 0 spiro atoms. The van der Waals surface area contributed by atoms with Crippen LogP contribution in [-0.2, 0) is 6.42 Å². The van der Waals surface area contributed by atoms with Crippen LogP contribution in [0, 0.1) is 0 Å². The van der Waals surface area contributed by atoms with Gasteiger partial charge in [-0.05, 0) is 43.7 Å². The third kappa shape index (κ3) is 4.14. The van der Waals surface area contributed by atoms with Gasteiger partial charge in [-0.2, -0.15) is 0 Å². The summed E-state index contributed by atoms with van der Waals surface area (Å²) in [5.41, 5.74) is 8.75. The Morgan fingerprint density at radius 3 is 2.81 bits per heavy atom. The van der Waals surface area contributed by atoms with Crippen LogP contribution in [0.1, 0.15) is 57.9 Å². The van der Waals surface area contributed by atoms with E-state index in [2.05, 4.69) is 30.9 Å². The maximum atomic E-state index is 6.58. The zero-order chi connectivity index (χ0) is 15.2. The van der Waals surface area contributed by atoms with Crippen LogP contribution < -0.4 is 10.6 Å². The molecule has 1 aromatic rings. The van der Waals surface area contributed by atoms with Crippen molar-refractivity contribution in [1.29, 1.82) is 0 Å². The Labute approximate surface area is 134 Å². The standard InChI is InChI=1S/C18H29ClN2/c1-3-15(20)13-14-9-8-11-17(19)18(14)21-12-7-5-6-10-16(21)4-2/h8-9,11,15-16H,3-7,10,12-13,20H2,1-2H3. The summed E-state index contributed by atoms with van der Waals surface area (Å²) in [6.45, 7) is 5.56. The molecule has 2 nitrogen and oxygen atoms in total. The average molecular weight is 309 g/mol. The van der Waals surface area contributed by atoms with Crippen molar-refractivity contribution in [1.82, 2.24) is 0 Å². The largest absolute Gasteiger partial charge is 0.367 e. The molecule has 0 amide bonds. The highest BCUT2D eigenvalue weighted by Gasteiger charge is 2.24. The minimum absolute atomic E-state index is 0.217. The second kappa shape index (κ2) is 8.05. The molecular formula is C18H29ClN2. The second-order valence-corrected chi connectivity index (χ2v) is 6.63. The molecule has 1 fully saturated rings. The minimum Gasteiger partial charge on any atom is -0.367 e. The number of para-hydroxylation sites is 1. The molecule has 0 radical (unpaired) electrons. The summed E-state index contributed by atoms with van der Waals surface area (Å²) in [5.74, 6) is 0. The van der Waals surface area contributed by atoms with Crippen molar-refractivity contribution in [2.45, 2.75) is 70.9 Å². The molecule has 1 saturated heterocycles. The lowest BCUT2D eigenvalue weighted by Gasteiger charge is -2.34. The average Bonchev–Trinajstić information content (AvgIpc) is 2.72. The van der Waals surface area contributed by atoms with E-state index in [0.29, 0.717) is 6.04 Å². The van der Waals surface area contributed by atoms with Gasteiger partial charge < -0.3 is 10.6 Å². The van der Waals surface area contributed by atoms with Gasteiger partial charge in [0.2, 0.25) is 0 Å². The van der Waals surface area contributed by atoms with Crippen LogP contribution in [0.2, 0.25) is 5.02 Å². The summed E-state index contributed by atoms with van der Waals surface area (Å²) in [6, 6.07) is 7.12. The van der Waals surface area contributed by atoms with E-state index in [-0.39, 0.29) is 6.04 Å². The first-order valence-corrected chi connectivity index (χ1v) is 8.84. The van der Waals surface area contributed by atoms with Crippen LogP contribution in [0.4, 0.5) is 5.69 Å². The Morgan fingerprint density at radius 2 is 2.10 bits per heavy atom. The van der Waals surface area contributed by atoms with Gasteiger partial charge in [-0.15, -0.1) is 0 Å². The fourth-order valence-electron chi connectivity index (χ4n) is 3.37. The third-order valence-electron chi connectivity index (χ3n) is 4.71.